The monoisotopic (exact) mass is 325 g/mol. The molecule has 2 saturated heterocycles. The number of hydrogen-bond donors (Lipinski definition) is 2. The minimum Gasteiger partial charge on any atom is -0.460 e. The van der Waals surface area contributed by atoms with Crippen molar-refractivity contribution in [3.05, 3.63) is 11.6 Å². The van der Waals surface area contributed by atoms with Gasteiger partial charge in [0.1, 0.15) is 18.3 Å². The summed E-state index contributed by atoms with van der Waals surface area (Å²) in [5.74, 6) is -2.65. The molecule has 0 spiro atoms. The minimum absolute atomic E-state index is 0.0225. The lowest BCUT2D eigenvalue weighted by atomic mass is 9.76. The molecule has 0 aliphatic carbocycles. The lowest BCUT2D eigenvalue weighted by molar-refractivity contribution is -0.205. The van der Waals surface area contributed by atoms with Gasteiger partial charge in [0, 0.05) is 13.1 Å². The Hall–Kier alpha value is -1.44. The molecule has 5 atom stereocenters. The number of cyclic esters (lactones) is 1. The van der Waals surface area contributed by atoms with Crippen molar-refractivity contribution >= 4 is 11.9 Å². The highest BCUT2D eigenvalue weighted by atomic mass is 16.6. The molecule has 3 heterocycles. The summed E-state index contributed by atoms with van der Waals surface area (Å²) in [6.45, 7) is 5.41. The first-order valence-corrected chi connectivity index (χ1v) is 7.91. The van der Waals surface area contributed by atoms with Crippen LogP contribution in [0.3, 0.4) is 0 Å². The molecule has 0 aromatic heterocycles. The van der Waals surface area contributed by atoms with E-state index in [-0.39, 0.29) is 18.8 Å². The van der Waals surface area contributed by atoms with Crippen LogP contribution >= 0.6 is 0 Å². The molecule has 2 fully saturated rings. The van der Waals surface area contributed by atoms with Gasteiger partial charge in [0.15, 0.2) is 5.60 Å². The zero-order chi connectivity index (χ0) is 17.0. The molecule has 0 aromatic carbocycles. The molecule has 23 heavy (non-hydrogen) atoms. The second-order valence-electron chi connectivity index (χ2n) is 7.00. The number of nitrogens with zero attached hydrogens (tertiary/aromatic N) is 1. The van der Waals surface area contributed by atoms with E-state index in [9.17, 15) is 19.8 Å². The van der Waals surface area contributed by atoms with Gasteiger partial charge in [-0.25, -0.2) is 4.79 Å². The third-order valence-corrected chi connectivity index (χ3v) is 5.63. The first-order chi connectivity index (χ1) is 10.7. The molecule has 7 nitrogen and oxygen atoms in total. The van der Waals surface area contributed by atoms with E-state index >= 15 is 0 Å². The van der Waals surface area contributed by atoms with Gasteiger partial charge in [0.25, 0.3) is 0 Å². The Balaban J connectivity index is 1.97. The van der Waals surface area contributed by atoms with Crippen molar-refractivity contribution in [1.82, 2.24) is 4.90 Å². The molecule has 0 aromatic rings. The molecule has 3 aliphatic rings. The van der Waals surface area contributed by atoms with Crippen LogP contribution in [0.25, 0.3) is 0 Å². The molecule has 128 valence electrons. The van der Waals surface area contributed by atoms with Crippen LogP contribution in [0.4, 0.5) is 0 Å². The standard InChI is InChI=1S/C16H23NO6/c1-9-13(18)23-11-5-7-17-6-4-10(12(11)17)8-22-14(19)16(3,21)15(9,2)20/h4,9,11-12,20-21H,5-8H2,1-3H3/t9-,11+,12?,15?,16?/m0/s1. The summed E-state index contributed by atoms with van der Waals surface area (Å²) in [5, 5.41) is 21.1. The fourth-order valence-electron chi connectivity index (χ4n) is 3.52. The Kier molecular flexibility index (Phi) is 3.78. The van der Waals surface area contributed by atoms with E-state index in [2.05, 4.69) is 4.90 Å². The largest absolute Gasteiger partial charge is 0.460 e. The maximum atomic E-state index is 12.4. The van der Waals surface area contributed by atoms with Crippen LogP contribution in [0, 0.1) is 5.92 Å². The van der Waals surface area contributed by atoms with E-state index in [0.717, 1.165) is 25.6 Å². The molecule has 7 heteroatoms. The van der Waals surface area contributed by atoms with Gasteiger partial charge in [-0.3, -0.25) is 9.69 Å². The van der Waals surface area contributed by atoms with E-state index in [4.69, 9.17) is 9.47 Å². The second kappa shape index (κ2) is 5.29. The predicted molar refractivity (Wildman–Crippen MR) is 79.3 cm³/mol. The lowest BCUT2D eigenvalue weighted by Gasteiger charge is -2.39. The Labute approximate surface area is 134 Å². The first-order valence-electron chi connectivity index (χ1n) is 7.91. The smallest absolute Gasteiger partial charge is 0.341 e. The van der Waals surface area contributed by atoms with Gasteiger partial charge in [-0.2, -0.15) is 0 Å². The number of ether oxygens (including phenoxy) is 2. The first kappa shape index (κ1) is 16.4. The van der Waals surface area contributed by atoms with Crippen molar-refractivity contribution in [3.63, 3.8) is 0 Å². The normalized spacial score (nSPS) is 44.9. The van der Waals surface area contributed by atoms with E-state index in [1.165, 1.54) is 13.8 Å². The molecule has 0 bridgehead atoms. The zero-order valence-corrected chi connectivity index (χ0v) is 13.6. The summed E-state index contributed by atoms with van der Waals surface area (Å²) in [6, 6.07) is -0.0908. The highest BCUT2D eigenvalue weighted by molar-refractivity contribution is 5.83. The van der Waals surface area contributed by atoms with Crippen molar-refractivity contribution in [3.8, 4) is 0 Å². The maximum Gasteiger partial charge on any atom is 0.341 e. The highest BCUT2D eigenvalue weighted by Gasteiger charge is 2.56. The molecule has 0 radical (unpaired) electrons. The number of aliphatic hydroxyl groups is 2. The molecule has 0 saturated carbocycles. The summed E-state index contributed by atoms with van der Waals surface area (Å²) in [5.41, 5.74) is -3.35. The Bertz CT molecular complexity index is 567. The minimum atomic E-state index is -2.22. The summed E-state index contributed by atoms with van der Waals surface area (Å²) in [4.78, 5) is 26.9. The quantitative estimate of drug-likeness (QED) is 0.462. The SMILES string of the molecule is C[C@H]1C(=O)O[C@@H]2CCN3CC=C(COC(=O)C(C)(O)C1(C)O)C23. The Morgan fingerprint density at radius 1 is 1.30 bits per heavy atom. The average molecular weight is 325 g/mol. The molecule has 3 rings (SSSR count). The zero-order valence-electron chi connectivity index (χ0n) is 13.6. The third-order valence-electron chi connectivity index (χ3n) is 5.63. The average Bonchev–Trinajstić information content (AvgIpc) is 3.06. The second-order valence-corrected chi connectivity index (χ2v) is 7.00. The van der Waals surface area contributed by atoms with Crippen LogP contribution in [-0.4, -0.2) is 70.1 Å². The van der Waals surface area contributed by atoms with E-state index in [1.54, 1.807) is 0 Å². The van der Waals surface area contributed by atoms with Gasteiger partial charge in [-0.15, -0.1) is 0 Å². The molecular formula is C16H23NO6. The number of rotatable bonds is 0. The van der Waals surface area contributed by atoms with Crippen LogP contribution in [0.15, 0.2) is 11.6 Å². The van der Waals surface area contributed by atoms with Gasteiger partial charge in [0.2, 0.25) is 0 Å². The van der Waals surface area contributed by atoms with Crippen LogP contribution in [-0.2, 0) is 19.1 Å². The molecule has 3 aliphatic heterocycles. The van der Waals surface area contributed by atoms with Crippen molar-refractivity contribution in [2.24, 2.45) is 5.92 Å². The van der Waals surface area contributed by atoms with E-state index in [1.807, 2.05) is 6.08 Å². The van der Waals surface area contributed by atoms with Crippen molar-refractivity contribution < 1.29 is 29.3 Å². The lowest BCUT2D eigenvalue weighted by Crippen LogP contribution is -2.61. The van der Waals surface area contributed by atoms with Crippen LogP contribution in [0.5, 0.6) is 0 Å². The van der Waals surface area contributed by atoms with Gasteiger partial charge >= 0.3 is 11.9 Å². The topological polar surface area (TPSA) is 96.3 Å². The van der Waals surface area contributed by atoms with Crippen molar-refractivity contribution in [1.29, 1.82) is 0 Å². The summed E-state index contributed by atoms with van der Waals surface area (Å²) in [7, 11) is 0. The van der Waals surface area contributed by atoms with Crippen LogP contribution in [0.1, 0.15) is 27.2 Å². The van der Waals surface area contributed by atoms with Crippen LogP contribution < -0.4 is 0 Å². The van der Waals surface area contributed by atoms with E-state index < -0.39 is 29.1 Å². The van der Waals surface area contributed by atoms with E-state index in [0.29, 0.717) is 6.42 Å². The van der Waals surface area contributed by atoms with Gasteiger partial charge in [-0.1, -0.05) is 6.08 Å². The maximum absolute atomic E-state index is 12.4. The fourth-order valence-corrected chi connectivity index (χ4v) is 3.52. The summed E-state index contributed by atoms with van der Waals surface area (Å²) < 4.78 is 10.8. The molecule has 2 N–H and O–H groups in total. The van der Waals surface area contributed by atoms with Crippen molar-refractivity contribution in [2.75, 3.05) is 19.7 Å². The molecule has 0 amide bonds. The molecular weight excluding hydrogens is 302 g/mol. The number of carbonyl (C=O) groups excluding carboxylic acids is 2. The van der Waals surface area contributed by atoms with Gasteiger partial charge in [0.05, 0.1) is 12.0 Å². The number of esters is 2. The Morgan fingerprint density at radius 2 is 2.00 bits per heavy atom. The molecule has 3 unspecified atom stereocenters. The fraction of sp³-hybridized carbons (Fsp3) is 0.750. The van der Waals surface area contributed by atoms with Crippen LogP contribution in [0.2, 0.25) is 0 Å². The summed E-state index contributed by atoms with van der Waals surface area (Å²) >= 11 is 0. The predicted octanol–water partition coefficient (Wildman–Crippen LogP) is -0.393. The highest BCUT2D eigenvalue weighted by Crippen LogP contribution is 2.36. The number of carbonyl (C=O) groups is 2. The van der Waals surface area contributed by atoms with Gasteiger partial charge in [-0.05, 0) is 32.8 Å². The van der Waals surface area contributed by atoms with Crippen molar-refractivity contribution in [2.45, 2.75) is 50.5 Å². The van der Waals surface area contributed by atoms with Gasteiger partial charge < -0.3 is 19.7 Å². The number of hydrogen-bond acceptors (Lipinski definition) is 7. The third kappa shape index (κ3) is 2.38. The Morgan fingerprint density at radius 3 is 2.70 bits per heavy atom. The summed E-state index contributed by atoms with van der Waals surface area (Å²) in [6.07, 6.45) is 2.34.